The number of hydrogen-bond acceptors (Lipinski definition) is 2. The fraction of sp³-hybridized carbons (Fsp3) is 0.125. The van der Waals surface area contributed by atoms with E-state index in [9.17, 15) is 4.79 Å². The smallest absolute Gasteiger partial charge is 0.218 e. The third-order valence-electron chi connectivity index (χ3n) is 1.64. The molecule has 0 aliphatic carbocycles. The van der Waals surface area contributed by atoms with E-state index in [2.05, 4.69) is 31.9 Å². The molecule has 1 heterocycles. The summed E-state index contributed by atoms with van der Waals surface area (Å²) >= 11 is 6.41. The van der Waals surface area contributed by atoms with Crippen LogP contribution in [-0.4, -0.2) is 10.8 Å². The molecule has 0 saturated heterocycles. The van der Waals surface area contributed by atoms with Crippen LogP contribution in [0.1, 0.15) is 10.4 Å². The molecule has 1 aromatic carbocycles. The largest absolute Gasteiger partial charge is 0.470 e. The molecule has 4 heteroatoms. The lowest BCUT2D eigenvalue weighted by Crippen LogP contribution is -2.10. The van der Waals surface area contributed by atoms with Gasteiger partial charge in [0.2, 0.25) is 10.8 Å². The molecule has 0 N–H and O–H groups in total. The Morgan fingerprint density at radius 1 is 1.42 bits per heavy atom. The number of halogens is 2. The normalized spacial score (nSPS) is 20.5. The van der Waals surface area contributed by atoms with Gasteiger partial charge in [0, 0.05) is 4.47 Å². The van der Waals surface area contributed by atoms with Crippen LogP contribution in [0.2, 0.25) is 0 Å². The zero-order chi connectivity index (χ0) is 8.72. The monoisotopic (exact) mass is 290 g/mol. The standard InChI is InChI=1S/C8H4Br2O2/c9-4-1-2-6-5(3-4)7(11)8(10)12-6/h1-3,8H/t8-/m1/s1. The van der Waals surface area contributed by atoms with Crippen molar-refractivity contribution in [1.82, 2.24) is 0 Å². The van der Waals surface area contributed by atoms with Crippen molar-refractivity contribution in [3.63, 3.8) is 0 Å². The summed E-state index contributed by atoms with van der Waals surface area (Å²) < 4.78 is 6.11. The molecule has 0 bridgehead atoms. The Balaban J connectivity index is 2.56. The summed E-state index contributed by atoms with van der Waals surface area (Å²) in [5.41, 5.74) is 0.631. The number of ketones is 1. The van der Waals surface area contributed by atoms with Crippen LogP contribution in [0.3, 0.4) is 0 Å². The average molecular weight is 292 g/mol. The second kappa shape index (κ2) is 2.85. The van der Waals surface area contributed by atoms with E-state index in [-0.39, 0.29) is 5.78 Å². The van der Waals surface area contributed by atoms with Gasteiger partial charge in [-0.1, -0.05) is 15.9 Å². The fourth-order valence-corrected chi connectivity index (χ4v) is 1.89. The highest BCUT2D eigenvalue weighted by Gasteiger charge is 2.29. The van der Waals surface area contributed by atoms with Gasteiger partial charge in [0.1, 0.15) is 5.75 Å². The molecule has 2 rings (SSSR count). The number of alkyl halides is 1. The van der Waals surface area contributed by atoms with Gasteiger partial charge in [-0.2, -0.15) is 0 Å². The molecular weight excluding hydrogens is 288 g/mol. The van der Waals surface area contributed by atoms with E-state index < -0.39 is 5.01 Å². The van der Waals surface area contributed by atoms with Crippen molar-refractivity contribution in [2.75, 3.05) is 0 Å². The summed E-state index contributed by atoms with van der Waals surface area (Å²) in [6, 6.07) is 5.38. The predicted molar refractivity (Wildman–Crippen MR) is 51.8 cm³/mol. The fourth-order valence-electron chi connectivity index (χ4n) is 1.08. The zero-order valence-corrected chi connectivity index (χ0v) is 9.05. The van der Waals surface area contributed by atoms with Crippen LogP contribution in [0, 0.1) is 0 Å². The Morgan fingerprint density at radius 2 is 2.17 bits per heavy atom. The number of Topliss-reactive ketones (excluding diaryl/α,β-unsaturated/α-hetero) is 1. The number of ether oxygens (including phenoxy) is 1. The predicted octanol–water partition coefficient (Wildman–Crippen LogP) is 2.75. The van der Waals surface area contributed by atoms with Crippen molar-refractivity contribution in [2.24, 2.45) is 0 Å². The first-order valence-electron chi connectivity index (χ1n) is 3.33. The number of carbonyl (C=O) groups is 1. The highest BCUT2D eigenvalue weighted by Crippen LogP contribution is 2.32. The van der Waals surface area contributed by atoms with Gasteiger partial charge in [-0.05, 0) is 34.1 Å². The van der Waals surface area contributed by atoms with Crippen LogP contribution in [0.4, 0.5) is 0 Å². The minimum absolute atomic E-state index is 0.0219. The SMILES string of the molecule is O=C1c2cc(Br)ccc2O[C@H]1Br. The lowest BCUT2D eigenvalue weighted by Gasteiger charge is -1.97. The highest BCUT2D eigenvalue weighted by atomic mass is 79.9. The van der Waals surface area contributed by atoms with Crippen molar-refractivity contribution in [3.05, 3.63) is 28.2 Å². The third kappa shape index (κ3) is 1.19. The maximum atomic E-state index is 11.4. The van der Waals surface area contributed by atoms with Gasteiger partial charge in [-0.25, -0.2) is 0 Å². The first-order chi connectivity index (χ1) is 5.68. The Morgan fingerprint density at radius 3 is 2.92 bits per heavy atom. The molecule has 0 fully saturated rings. The van der Waals surface area contributed by atoms with Crippen LogP contribution in [0.5, 0.6) is 5.75 Å². The topological polar surface area (TPSA) is 26.3 Å². The Kier molecular flexibility index (Phi) is 1.96. The van der Waals surface area contributed by atoms with Gasteiger partial charge in [-0.3, -0.25) is 4.79 Å². The second-order valence-corrected chi connectivity index (χ2v) is 4.19. The summed E-state index contributed by atoms with van der Waals surface area (Å²) in [4.78, 5) is 11.4. The van der Waals surface area contributed by atoms with E-state index in [4.69, 9.17) is 4.74 Å². The molecule has 1 atom stereocenters. The molecule has 0 radical (unpaired) electrons. The van der Waals surface area contributed by atoms with Crippen LogP contribution in [-0.2, 0) is 0 Å². The van der Waals surface area contributed by atoms with Gasteiger partial charge in [-0.15, -0.1) is 0 Å². The van der Waals surface area contributed by atoms with Crippen LogP contribution >= 0.6 is 31.9 Å². The summed E-state index contributed by atoms with van der Waals surface area (Å²) in [7, 11) is 0. The maximum Gasteiger partial charge on any atom is 0.218 e. The Bertz CT molecular complexity index is 349. The average Bonchev–Trinajstić information content (AvgIpc) is 2.31. The lowest BCUT2D eigenvalue weighted by molar-refractivity contribution is 0.0942. The maximum absolute atomic E-state index is 11.4. The molecule has 1 aliphatic heterocycles. The van der Waals surface area contributed by atoms with Crippen molar-refractivity contribution < 1.29 is 9.53 Å². The molecule has 12 heavy (non-hydrogen) atoms. The molecule has 62 valence electrons. The second-order valence-electron chi connectivity index (χ2n) is 2.44. The number of carbonyl (C=O) groups excluding carboxylic acids is 1. The van der Waals surface area contributed by atoms with Crippen LogP contribution in [0.15, 0.2) is 22.7 Å². The van der Waals surface area contributed by atoms with Crippen molar-refractivity contribution in [2.45, 2.75) is 5.01 Å². The number of hydrogen-bond donors (Lipinski definition) is 0. The summed E-state index contributed by atoms with van der Waals surface area (Å²) in [5.74, 6) is 0.622. The van der Waals surface area contributed by atoms with Gasteiger partial charge in [0.05, 0.1) is 5.56 Å². The molecule has 0 amide bonds. The quantitative estimate of drug-likeness (QED) is 0.687. The van der Waals surface area contributed by atoms with E-state index in [1.54, 1.807) is 12.1 Å². The molecule has 2 nitrogen and oxygen atoms in total. The molecular formula is C8H4Br2O2. The third-order valence-corrected chi connectivity index (χ3v) is 2.74. The number of benzene rings is 1. The van der Waals surface area contributed by atoms with Gasteiger partial charge in [0.25, 0.3) is 0 Å². The lowest BCUT2D eigenvalue weighted by atomic mass is 10.1. The van der Waals surface area contributed by atoms with Crippen molar-refractivity contribution in [3.8, 4) is 5.75 Å². The number of fused-ring (bicyclic) bond motifs is 1. The van der Waals surface area contributed by atoms with E-state index in [1.165, 1.54) is 0 Å². The molecule has 1 aromatic rings. The highest BCUT2D eigenvalue weighted by molar-refractivity contribution is 9.10. The molecule has 0 saturated carbocycles. The minimum atomic E-state index is -0.512. The summed E-state index contributed by atoms with van der Waals surface area (Å²) in [6.07, 6.45) is 0. The van der Waals surface area contributed by atoms with Crippen molar-refractivity contribution >= 4 is 37.6 Å². The minimum Gasteiger partial charge on any atom is -0.470 e. The molecule has 1 aliphatic rings. The Labute approximate surface area is 86.2 Å². The molecule has 0 unspecified atom stereocenters. The summed E-state index contributed by atoms with van der Waals surface area (Å²) in [6.45, 7) is 0. The molecule has 0 spiro atoms. The van der Waals surface area contributed by atoms with Crippen LogP contribution < -0.4 is 4.74 Å². The van der Waals surface area contributed by atoms with E-state index in [0.717, 1.165) is 4.47 Å². The first-order valence-corrected chi connectivity index (χ1v) is 5.04. The molecule has 0 aromatic heterocycles. The van der Waals surface area contributed by atoms with E-state index in [0.29, 0.717) is 11.3 Å². The summed E-state index contributed by atoms with van der Waals surface area (Å²) in [5, 5.41) is -0.512. The Hall–Kier alpha value is -0.350. The van der Waals surface area contributed by atoms with Gasteiger partial charge in [0.15, 0.2) is 0 Å². The van der Waals surface area contributed by atoms with Gasteiger partial charge >= 0.3 is 0 Å². The first kappa shape index (κ1) is 8.26. The van der Waals surface area contributed by atoms with E-state index >= 15 is 0 Å². The van der Waals surface area contributed by atoms with Gasteiger partial charge < -0.3 is 4.74 Å². The van der Waals surface area contributed by atoms with Crippen LogP contribution in [0.25, 0.3) is 0 Å². The van der Waals surface area contributed by atoms with E-state index in [1.807, 2.05) is 6.07 Å². The number of rotatable bonds is 0. The zero-order valence-electron chi connectivity index (χ0n) is 5.88. The van der Waals surface area contributed by atoms with Crippen molar-refractivity contribution in [1.29, 1.82) is 0 Å².